The van der Waals surface area contributed by atoms with Gasteiger partial charge in [0.05, 0.1) is 0 Å². The van der Waals surface area contributed by atoms with Gasteiger partial charge in [0, 0.05) is 0 Å². The van der Waals surface area contributed by atoms with Gasteiger partial charge >= 0.3 is 67.5 Å². The molecule has 0 atom stereocenters. The van der Waals surface area contributed by atoms with Crippen molar-refractivity contribution in [2.75, 3.05) is 0 Å². The van der Waals surface area contributed by atoms with E-state index in [1.807, 2.05) is 0 Å². The first-order valence-corrected chi connectivity index (χ1v) is 8.54. The summed E-state index contributed by atoms with van der Waals surface area (Å²) in [6.07, 6.45) is 0. The Morgan fingerprint density at radius 2 is 0.889 bits per heavy atom. The Morgan fingerprint density at radius 1 is 0.667 bits per heavy atom. The molecule has 0 spiro atoms. The monoisotopic (exact) mass is 321 g/mol. The summed E-state index contributed by atoms with van der Waals surface area (Å²) in [5.74, 6) is 0. The second-order valence-electron chi connectivity index (χ2n) is 0.916. The molecule has 0 aromatic rings. The Hall–Kier alpha value is 1.44. The maximum atomic E-state index is 10.3. The van der Waals surface area contributed by atoms with E-state index in [4.69, 9.17) is 0 Å². The molecule has 0 bridgehead atoms. The van der Waals surface area contributed by atoms with Gasteiger partial charge in [-0.05, 0) is 0 Å². The summed E-state index contributed by atoms with van der Waals surface area (Å²) in [4.78, 5) is 0. The summed E-state index contributed by atoms with van der Waals surface area (Å²) in [6.45, 7) is 0. The molecule has 0 aromatic carbocycles. The first kappa shape index (κ1) is 8.53. The van der Waals surface area contributed by atoms with Crippen molar-refractivity contribution in [2.24, 2.45) is 0 Å². The normalized spacial score (nSPS) is 45.0. The van der Waals surface area contributed by atoms with Gasteiger partial charge in [0.1, 0.15) is 0 Å². The molecule has 1 fully saturated rings. The van der Waals surface area contributed by atoms with Crippen LogP contribution >= 0.6 is 0 Å². The van der Waals surface area contributed by atoms with Gasteiger partial charge in [-0.15, -0.1) is 0 Å². The van der Waals surface area contributed by atoms with Crippen molar-refractivity contribution in [3.63, 3.8) is 0 Å². The molecule has 0 N–H and O–H groups in total. The van der Waals surface area contributed by atoms with E-state index < -0.39 is 47.0 Å². The fraction of sp³-hybridized carbons (Fsp3) is 0. The van der Waals surface area contributed by atoms with Gasteiger partial charge in [0.25, 0.3) is 0 Å². The standard InChI is InChI=1S/As3O6/c4-1-7-2(5)9-3(6)8-1/q-3. The van der Waals surface area contributed by atoms with E-state index in [9.17, 15) is 12.3 Å². The molecule has 0 aliphatic carbocycles. The van der Waals surface area contributed by atoms with E-state index in [0.717, 1.165) is 0 Å². The molecule has 6 nitrogen and oxygen atoms in total. The number of hydrogen-bond donors (Lipinski definition) is 0. The van der Waals surface area contributed by atoms with Crippen LogP contribution in [0.15, 0.2) is 0 Å². The first-order chi connectivity index (χ1) is 4.18. The summed E-state index contributed by atoms with van der Waals surface area (Å²) in [5.41, 5.74) is 0. The average Bonchev–Trinajstić information content (AvgIpc) is 1.59. The molecule has 0 radical (unpaired) electrons. The maximum absolute atomic E-state index is 10.3. The average molecular weight is 321 g/mol. The molecular weight excluding hydrogens is 321 g/mol. The Labute approximate surface area is 67.3 Å². The topological polar surface area (TPSA) is 96.9 Å². The van der Waals surface area contributed by atoms with Crippen molar-refractivity contribution in [1.29, 1.82) is 0 Å². The Morgan fingerprint density at radius 3 is 1.11 bits per heavy atom. The summed E-state index contributed by atoms with van der Waals surface area (Å²) in [7, 11) is 0. The van der Waals surface area contributed by atoms with E-state index in [1.165, 1.54) is 0 Å². The van der Waals surface area contributed by atoms with E-state index in [2.05, 4.69) is 8.15 Å². The molecule has 9 heavy (non-hydrogen) atoms. The van der Waals surface area contributed by atoms with Crippen molar-refractivity contribution >= 4 is 47.0 Å². The fourth-order valence-electron chi connectivity index (χ4n) is 0.208. The Kier molecular flexibility index (Phi) is 3.53. The summed E-state index contributed by atoms with van der Waals surface area (Å²) >= 11 is -9.42. The van der Waals surface area contributed by atoms with Crippen LogP contribution in [0.25, 0.3) is 0 Å². The van der Waals surface area contributed by atoms with E-state index >= 15 is 0 Å². The molecule has 1 heterocycles. The quantitative estimate of drug-likeness (QED) is 0.415. The van der Waals surface area contributed by atoms with Crippen LogP contribution < -0.4 is 12.3 Å². The third-order valence-electron chi connectivity index (χ3n) is 0.400. The molecular formula is As3O6-3. The van der Waals surface area contributed by atoms with E-state index in [1.54, 1.807) is 0 Å². The SMILES string of the molecule is [O-][As]1O[As]([O-])O[As]([O-])O1. The third kappa shape index (κ3) is 2.89. The van der Waals surface area contributed by atoms with Crippen molar-refractivity contribution < 1.29 is 20.4 Å². The Bertz CT molecular complexity index is 69.3. The van der Waals surface area contributed by atoms with Gasteiger partial charge in [-0.25, -0.2) is 0 Å². The van der Waals surface area contributed by atoms with Gasteiger partial charge in [-0.1, -0.05) is 0 Å². The zero-order valence-corrected chi connectivity index (χ0v) is 9.42. The van der Waals surface area contributed by atoms with Crippen LogP contribution in [0.4, 0.5) is 0 Å². The molecule has 1 rings (SSSR count). The summed E-state index contributed by atoms with van der Waals surface area (Å²) in [5, 5.41) is 0. The predicted octanol–water partition coefficient (Wildman–Crippen LogP) is -4.91. The van der Waals surface area contributed by atoms with Crippen LogP contribution in [-0.4, -0.2) is 47.0 Å². The molecule has 1 aliphatic heterocycles. The van der Waals surface area contributed by atoms with Crippen LogP contribution in [-0.2, 0) is 8.15 Å². The number of hydrogen-bond acceptors (Lipinski definition) is 6. The van der Waals surface area contributed by atoms with Crippen molar-refractivity contribution in [3.05, 3.63) is 0 Å². The fourth-order valence-corrected chi connectivity index (χ4v) is 10.7. The van der Waals surface area contributed by atoms with Crippen LogP contribution in [0.2, 0.25) is 0 Å². The van der Waals surface area contributed by atoms with Crippen LogP contribution in [0.5, 0.6) is 0 Å². The van der Waals surface area contributed by atoms with Crippen LogP contribution in [0.1, 0.15) is 0 Å². The second-order valence-corrected chi connectivity index (χ2v) is 10.1. The van der Waals surface area contributed by atoms with Crippen molar-refractivity contribution in [2.45, 2.75) is 0 Å². The zero-order chi connectivity index (χ0) is 6.85. The van der Waals surface area contributed by atoms with Gasteiger partial charge in [-0.3, -0.25) is 0 Å². The summed E-state index contributed by atoms with van der Waals surface area (Å²) < 4.78 is 43.2. The molecule has 0 saturated carbocycles. The third-order valence-corrected chi connectivity index (χ3v) is 10.8. The molecule has 1 aliphatic rings. The molecule has 54 valence electrons. The Balaban J connectivity index is 2.34. The van der Waals surface area contributed by atoms with Gasteiger partial charge in [0.2, 0.25) is 0 Å². The predicted molar refractivity (Wildman–Crippen MR) is 20.5 cm³/mol. The zero-order valence-electron chi connectivity index (χ0n) is 3.79. The van der Waals surface area contributed by atoms with E-state index in [0.29, 0.717) is 0 Å². The minimum atomic E-state index is -3.14. The van der Waals surface area contributed by atoms with Crippen LogP contribution in [0, 0.1) is 0 Å². The van der Waals surface area contributed by atoms with E-state index in [-0.39, 0.29) is 0 Å². The molecule has 0 unspecified atom stereocenters. The number of rotatable bonds is 0. The molecule has 0 amide bonds. The molecule has 0 aromatic heterocycles. The van der Waals surface area contributed by atoms with Crippen molar-refractivity contribution in [1.82, 2.24) is 0 Å². The first-order valence-electron chi connectivity index (χ1n) is 1.64. The summed E-state index contributed by atoms with van der Waals surface area (Å²) in [6, 6.07) is 0. The van der Waals surface area contributed by atoms with Crippen LogP contribution in [0.3, 0.4) is 0 Å². The van der Waals surface area contributed by atoms with Gasteiger partial charge in [-0.2, -0.15) is 0 Å². The molecule has 9 heteroatoms. The second kappa shape index (κ2) is 3.72. The van der Waals surface area contributed by atoms with Crippen molar-refractivity contribution in [3.8, 4) is 0 Å². The van der Waals surface area contributed by atoms with Gasteiger partial charge < -0.3 is 0 Å². The van der Waals surface area contributed by atoms with Gasteiger partial charge in [0.15, 0.2) is 0 Å². The molecule has 1 saturated heterocycles. The minimum absolute atomic E-state index is 3.14.